The Morgan fingerprint density at radius 3 is 2.50 bits per heavy atom. The average Bonchev–Trinajstić information content (AvgIpc) is 2.75. The van der Waals surface area contributed by atoms with Crippen molar-refractivity contribution in [3.63, 3.8) is 0 Å². The van der Waals surface area contributed by atoms with Crippen molar-refractivity contribution in [1.82, 2.24) is 4.90 Å². The van der Waals surface area contributed by atoms with Crippen molar-refractivity contribution in [3.8, 4) is 0 Å². The third kappa shape index (κ3) is 4.12. The predicted octanol–water partition coefficient (Wildman–Crippen LogP) is 2.15. The van der Waals surface area contributed by atoms with E-state index in [1.165, 1.54) is 25.7 Å². The van der Waals surface area contributed by atoms with Gasteiger partial charge in [0.05, 0.1) is 0 Å². The van der Waals surface area contributed by atoms with E-state index in [9.17, 15) is 4.79 Å². The van der Waals surface area contributed by atoms with Crippen LogP contribution in [-0.2, 0) is 4.79 Å². The summed E-state index contributed by atoms with van der Waals surface area (Å²) in [6.07, 6.45) is 6.40. The number of carbonyl (C=O) groups is 1. The summed E-state index contributed by atoms with van der Waals surface area (Å²) in [5, 5.41) is 0. The maximum atomic E-state index is 12.1. The standard InChI is InChI=1S/C13H26N2O/c1-11(2)10-15(12-6-3-4-7-12)13(16)8-5-9-14/h11-12H,3-10,14H2,1-2H3. The minimum Gasteiger partial charge on any atom is -0.339 e. The van der Waals surface area contributed by atoms with Gasteiger partial charge in [-0.2, -0.15) is 0 Å². The summed E-state index contributed by atoms with van der Waals surface area (Å²) in [7, 11) is 0. The Morgan fingerprint density at radius 2 is 2.00 bits per heavy atom. The average molecular weight is 226 g/mol. The summed E-state index contributed by atoms with van der Waals surface area (Å²) in [4.78, 5) is 14.2. The fourth-order valence-corrected chi connectivity index (χ4v) is 2.46. The lowest BCUT2D eigenvalue weighted by atomic mass is 10.1. The van der Waals surface area contributed by atoms with Gasteiger partial charge in [-0.1, -0.05) is 26.7 Å². The second-order valence-corrected chi connectivity index (χ2v) is 5.27. The summed E-state index contributed by atoms with van der Waals surface area (Å²) in [6.45, 7) is 5.89. The van der Waals surface area contributed by atoms with Crippen LogP contribution in [0.3, 0.4) is 0 Å². The van der Waals surface area contributed by atoms with Gasteiger partial charge in [-0.25, -0.2) is 0 Å². The molecule has 0 aromatic heterocycles. The van der Waals surface area contributed by atoms with Gasteiger partial charge < -0.3 is 10.6 Å². The van der Waals surface area contributed by atoms with Crippen LogP contribution >= 0.6 is 0 Å². The van der Waals surface area contributed by atoms with E-state index in [0.29, 0.717) is 30.8 Å². The van der Waals surface area contributed by atoms with Gasteiger partial charge >= 0.3 is 0 Å². The van der Waals surface area contributed by atoms with Crippen LogP contribution in [-0.4, -0.2) is 29.9 Å². The van der Waals surface area contributed by atoms with Crippen molar-refractivity contribution in [2.24, 2.45) is 11.7 Å². The molecule has 1 aliphatic carbocycles. The van der Waals surface area contributed by atoms with E-state index in [-0.39, 0.29) is 0 Å². The molecule has 0 heterocycles. The molecular formula is C13H26N2O. The van der Waals surface area contributed by atoms with Gasteiger partial charge in [-0.15, -0.1) is 0 Å². The Morgan fingerprint density at radius 1 is 1.38 bits per heavy atom. The van der Waals surface area contributed by atoms with Crippen molar-refractivity contribution >= 4 is 5.91 Å². The zero-order valence-electron chi connectivity index (χ0n) is 10.7. The number of carbonyl (C=O) groups excluding carboxylic acids is 1. The number of nitrogens with zero attached hydrogens (tertiary/aromatic N) is 1. The van der Waals surface area contributed by atoms with Crippen molar-refractivity contribution in [2.45, 2.75) is 58.4 Å². The fourth-order valence-electron chi connectivity index (χ4n) is 2.46. The molecule has 1 rings (SSSR count). The SMILES string of the molecule is CC(C)CN(C(=O)CCCN)C1CCCC1. The molecule has 1 aliphatic rings. The first-order valence-corrected chi connectivity index (χ1v) is 6.64. The quantitative estimate of drug-likeness (QED) is 0.754. The van der Waals surface area contributed by atoms with Crippen LogP contribution in [0.2, 0.25) is 0 Å². The van der Waals surface area contributed by atoms with E-state index in [4.69, 9.17) is 5.73 Å². The molecule has 94 valence electrons. The summed E-state index contributed by atoms with van der Waals surface area (Å²) in [5.41, 5.74) is 5.46. The number of amides is 1. The molecule has 0 bridgehead atoms. The van der Waals surface area contributed by atoms with E-state index < -0.39 is 0 Å². The number of hydrogen-bond acceptors (Lipinski definition) is 2. The largest absolute Gasteiger partial charge is 0.339 e. The molecule has 0 aromatic carbocycles. The highest BCUT2D eigenvalue weighted by molar-refractivity contribution is 5.76. The van der Waals surface area contributed by atoms with Gasteiger partial charge in [-0.05, 0) is 31.7 Å². The lowest BCUT2D eigenvalue weighted by Crippen LogP contribution is -2.41. The van der Waals surface area contributed by atoms with E-state index in [2.05, 4.69) is 18.7 Å². The van der Waals surface area contributed by atoms with E-state index in [1.54, 1.807) is 0 Å². The minimum absolute atomic E-state index is 0.311. The fraction of sp³-hybridized carbons (Fsp3) is 0.923. The van der Waals surface area contributed by atoms with Crippen LogP contribution < -0.4 is 5.73 Å². The first kappa shape index (κ1) is 13.5. The van der Waals surface area contributed by atoms with Crippen LogP contribution in [0.4, 0.5) is 0 Å². The molecule has 0 atom stereocenters. The Balaban J connectivity index is 2.51. The van der Waals surface area contributed by atoms with Gasteiger partial charge in [0.25, 0.3) is 0 Å². The van der Waals surface area contributed by atoms with Crippen LogP contribution in [0.5, 0.6) is 0 Å². The zero-order chi connectivity index (χ0) is 12.0. The molecular weight excluding hydrogens is 200 g/mol. The molecule has 0 radical (unpaired) electrons. The molecule has 0 unspecified atom stereocenters. The van der Waals surface area contributed by atoms with E-state index in [0.717, 1.165) is 13.0 Å². The molecule has 3 nitrogen and oxygen atoms in total. The minimum atomic E-state index is 0.311. The lowest BCUT2D eigenvalue weighted by Gasteiger charge is -2.30. The second-order valence-electron chi connectivity index (χ2n) is 5.27. The maximum absolute atomic E-state index is 12.1. The van der Waals surface area contributed by atoms with Gasteiger partial charge in [0.2, 0.25) is 5.91 Å². The van der Waals surface area contributed by atoms with Gasteiger partial charge in [-0.3, -0.25) is 4.79 Å². The van der Waals surface area contributed by atoms with Crippen molar-refractivity contribution in [1.29, 1.82) is 0 Å². The molecule has 16 heavy (non-hydrogen) atoms. The molecule has 0 aliphatic heterocycles. The van der Waals surface area contributed by atoms with Crippen molar-refractivity contribution in [3.05, 3.63) is 0 Å². The third-order valence-electron chi connectivity index (χ3n) is 3.24. The molecule has 0 spiro atoms. The highest BCUT2D eigenvalue weighted by atomic mass is 16.2. The second kappa shape index (κ2) is 6.89. The topological polar surface area (TPSA) is 46.3 Å². The number of hydrogen-bond donors (Lipinski definition) is 1. The van der Waals surface area contributed by atoms with Crippen LogP contribution in [0.25, 0.3) is 0 Å². The Kier molecular flexibility index (Phi) is 5.81. The Bertz CT molecular complexity index is 210. The highest BCUT2D eigenvalue weighted by Crippen LogP contribution is 2.25. The number of rotatable bonds is 6. The first-order chi connectivity index (χ1) is 7.65. The molecule has 2 N–H and O–H groups in total. The molecule has 1 amide bonds. The molecule has 1 fully saturated rings. The number of nitrogens with two attached hydrogens (primary N) is 1. The lowest BCUT2D eigenvalue weighted by molar-refractivity contribution is -0.134. The van der Waals surface area contributed by atoms with E-state index >= 15 is 0 Å². The normalized spacial score (nSPS) is 17.0. The molecule has 0 saturated heterocycles. The van der Waals surface area contributed by atoms with Crippen molar-refractivity contribution < 1.29 is 4.79 Å². The highest BCUT2D eigenvalue weighted by Gasteiger charge is 2.26. The van der Waals surface area contributed by atoms with Gasteiger partial charge in [0.1, 0.15) is 0 Å². The third-order valence-corrected chi connectivity index (χ3v) is 3.24. The summed E-state index contributed by atoms with van der Waals surface area (Å²) in [5.74, 6) is 0.869. The van der Waals surface area contributed by atoms with Crippen LogP contribution in [0.1, 0.15) is 52.4 Å². The van der Waals surface area contributed by atoms with Crippen LogP contribution in [0.15, 0.2) is 0 Å². The summed E-state index contributed by atoms with van der Waals surface area (Å²) in [6, 6.07) is 0.507. The predicted molar refractivity (Wildman–Crippen MR) is 67.1 cm³/mol. The molecule has 0 aromatic rings. The Hall–Kier alpha value is -0.570. The van der Waals surface area contributed by atoms with Crippen molar-refractivity contribution in [2.75, 3.05) is 13.1 Å². The summed E-state index contributed by atoms with van der Waals surface area (Å²) >= 11 is 0. The Labute approximate surface area is 99.4 Å². The first-order valence-electron chi connectivity index (χ1n) is 6.64. The summed E-state index contributed by atoms with van der Waals surface area (Å²) < 4.78 is 0. The molecule has 3 heteroatoms. The van der Waals surface area contributed by atoms with E-state index in [1.807, 2.05) is 0 Å². The van der Waals surface area contributed by atoms with Gasteiger partial charge in [0.15, 0.2) is 0 Å². The monoisotopic (exact) mass is 226 g/mol. The molecule has 1 saturated carbocycles. The smallest absolute Gasteiger partial charge is 0.222 e. The van der Waals surface area contributed by atoms with Crippen LogP contribution in [0, 0.1) is 5.92 Å². The maximum Gasteiger partial charge on any atom is 0.222 e. The van der Waals surface area contributed by atoms with Gasteiger partial charge in [0, 0.05) is 19.0 Å². The zero-order valence-corrected chi connectivity index (χ0v) is 10.7.